The molecule has 0 aliphatic heterocycles. The molecule has 136 valence electrons. The van der Waals surface area contributed by atoms with Gasteiger partial charge in [-0.2, -0.15) is 0 Å². The van der Waals surface area contributed by atoms with Crippen LogP contribution in [0.2, 0.25) is 0 Å². The van der Waals surface area contributed by atoms with Crippen LogP contribution in [0.15, 0.2) is 52.6 Å². The number of aromatic nitrogens is 3. The number of rotatable bonds is 7. The smallest absolute Gasteiger partial charge is 0.346 e. The van der Waals surface area contributed by atoms with Gasteiger partial charge in [0.15, 0.2) is 5.82 Å². The van der Waals surface area contributed by atoms with Crippen LogP contribution in [0.25, 0.3) is 10.7 Å². The predicted octanol–water partition coefficient (Wildman–Crippen LogP) is 2.62. The van der Waals surface area contributed by atoms with Crippen molar-refractivity contribution in [3.8, 4) is 10.7 Å². The minimum atomic E-state index is -0.183. The molecule has 0 aliphatic carbocycles. The average molecular weight is 370 g/mol. The molecule has 2 aromatic heterocycles. The van der Waals surface area contributed by atoms with E-state index < -0.39 is 0 Å². The van der Waals surface area contributed by atoms with E-state index in [1.165, 1.54) is 9.25 Å². The van der Waals surface area contributed by atoms with E-state index in [2.05, 4.69) is 10.4 Å². The summed E-state index contributed by atoms with van der Waals surface area (Å²) in [5.41, 5.74) is 0.820. The van der Waals surface area contributed by atoms with E-state index in [9.17, 15) is 9.59 Å². The minimum Gasteiger partial charge on any atom is -0.354 e. The van der Waals surface area contributed by atoms with Crippen LogP contribution in [0, 0.1) is 0 Å². The third-order valence-electron chi connectivity index (χ3n) is 4.33. The van der Waals surface area contributed by atoms with E-state index >= 15 is 0 Å². The van der Waals surface area contributed by atoms with Gasteiger partial charge < -0.3 is 5.32 Å². The van der Waals surface area contributed by atoms with Crippen LogP contribution in [-0.2, 0) is 18.4 Å². The largest absolute Gasteiger partial charge is 0.354 e. The van der Waals surface area contributed by atoms with Crippen molar-refractivity contribution in [1.29, 1.82) is 0 Å². The summed E-state index contributed by atoms with van der Waals surface area (Å²) in [7, 11) is 1.71. The molecule has 1 amide bonds. The predicted molar refractivity (Wildman–Crippen MR) is 103 cm³/mol. The van der Waals surface area contributed by atoms with Crippen LogP contribution >= 0.6 is 11.3 Å². The van der Waals surface area contributed by atoms with Crippen molar-refractivity contribution in [1.82, 2.24) is 19.7 Å². The first-order chi connectivity index (χ1) is 12.6. The molecule has 0 radical (unpaired) electrons. The molecule has 0 saturated heterocycles. The Morgan fingerprint density at radius 1 is 1.23 bits per heavy atom. The standard InChI is InChI=1S/C19H22N4O2S/c1-3-15(14-8-5-4-6-9-14)18(24)20-11-12-23-19(25)22(2)17(21-23)16-10-7-13-26-16/h4-10,13,15H,3,11-12H2,1-2H3,(H,20,24). The quantitative estimate of drug-likeness (QED) is 0.695. The number of nitrogens with one attached hydrogen (secondary N) is 1. The van der Waals surface area contributed by atoms with Crippen LogP contribution in [-0.4, -0.2) is 26.8 Å². The van der Waals surface area contributed by atoms with Gasteiger partial charge in [-0.25, -0.2) is 9.48 Å². The summed E-state index contributed by atoms with van der Waals surface area (Å²) in [6, 6.07) is 13.6. The fourth-order valence-corrected chi connectivity index (χ4v) is 3.66. The third kappa shape index (κ3) is 3.77. The van der Waals surface area contributed by atoms with Crippen molar-refractivity contribution in [3.05, 3.63) is 63.9 Å². The first-order valence-electron chi connectivity index (χ1n) is 8.62. The number of hydrogen-bond acceptors (Lipinski definition) is 4. The molecule has 7 heteroatoms. The van der Waals surface area contributed by atoms with Crippen LogP contribution < -0.4 is 11.0 Å². The van der Waals surface area contributed by atoms with Gasteiger partial charge in [0, 0.05) is 13.6 Å². The molecule has 6 nitrogen and oxygen atoms in total. The van der Waals surface area contributed by atoms with Crippen molar-refractivity contribution in [3.63, 3.8) is 0 Å². The van der Waals surface area contributed by atoms with Gasteiger partial charge >= 0.3 is 5.69 Å². The van der Waals surface area contributed by atoms with Gasteiger partial charge in [0.05, 0.1) is 17.3 Å². The number of carbonyl (C=O) groups excluding carboxylic acids is 1. The Bertz CT molecular complexity index is 913. The Kier molecular flexibility index (Phi) is 5.68. The molecule has 0 fully saturated rings. The Hall–Kier alpha value is -2.67. The molecule has 0 bridgehead atoms. The second-order valence-corrected chi connectivity index (χ2v) is 6.98. The summed E-state index contributed by atoms with van der Waals surface area (Å²) in [6.45, 7) is 2.70. The summed E-state index contributed by atoms with van der Waals surface area (Å²) < 4.78 is 2.94. The summed E-state index contributed by atoms with van der Waals surface area (Å²) in [5, 5.41) is 9.28. The van der Waals surface area contributed by atoms with Crippen molar-refractivity contribution in [2.75, 3.05) is 6.54 Å². The summed E-state index contributed by atoms with van der Waals surface area (Å²) in [6.07, 6.45) is 0.724. The molecule has 0 spiro atoms. The molecule has 1 unspecified atom stereocenters. The SMILES string of the molecule is CCC(C(=O)NCCn1nc(-c2cccs2)n(C)c1=O)c1ccccc1. The molecule has 3 rings (SSSR count). The molecular formula is C19H22N4O2S. The average Bonchev–Trinajstić information content (AvgIpc) is 3.27. The van der Waals surface area contributed by atoms with E-state index in [1.54, 1.807) is 18.4 Å². The van der Waals surface area contributed by atoms with E-state index in [0.717, 1.165) is 16.9 Å². The van der Waals surface area contributed by atoms with Gasteiger partial charge in [-0.15, -0.1) is 16.4 Å². The molecular weight excluding hydrogens is 348 g/mol. The van der Waals surface area contributed by atoms with Gasteiger partial charge in [-0.1, -0.05) is 43.3 Å². The lowest BCUT2D eigenvalue weighted by atomic mass is 9.96. The molecule has 3 aromatic rings. The van der Waals surface area contributed by atoms with Gasteiger partial charge in [-0.3, -0.25) is 9.36 Å². The fourth-order valence-electron chi connectivity index (χ4n) is 2.92. The van der Waals surface area contributed by atoms with Gasteiger partial charge in [-0.05, 0) is 23.4 Å². The lowest BCUT2D eigenvalue weighted by molar-refractivity contribution is -0.122. The fraction of sp³-hybridized carbons (Fsp3) is 0.316. The topological polar surface area (TPSA) is 68.9 Å². The zero-order valence-electron chi connectivity index (χ0n) is 14.9. The third-order valence-corrected chi connectivity index (χ3v) is 5.20. The maximum atomic E-state index is 12.5. The van der Waals surface area contributed by atoms with Crippen LogP contribution in [0.4, 0.5) is 0 Å². The molecule has 1 atom stereocenters. The van der Waals surface area contributed by atoms with Crippen LogP contribution in [0.1, 0.15) is 24.8 Å². The number of benzene rings is 1. The second-order valence-electron chi connectivity index (χ2n) is 6.03. The summed E-state index contributed by atoms with van der Waals surface area (Å²) in [4.78, 5) is 25.8. The van der Waals surface area contributed by atoms with Crippen molar-refractivity contribution >= 4 is 17.2 Å². The lowest BCUT2D eigenvalue weighted by Gasteiger charge is -2.15. The summed E-state index contributed by atoms with van der Waals surface area (Å²) in [5.74, 6) is 0.437. The normalized spacial score (nSPS) is 12.1. The molecule has 1 N–H and O–H groups in total. The first kappa shape index (κ1) is 18.1. The van der Waals surface area contributed by atoms with Gasteiger partial charge in [0.25, 0.3) is 0 Å². The zero-order valence-corrected chi connectivity index (χ0v) is 15.7. The van der Waals surface area contributed by atoms with Crippen molar-refractivity contribution in [2.24, 2.45) is 7.05 Å². The molecule has 2 heterocycles. The van der Waals surface area contributed by atoms with Crippen molar-refractivity contribution in [2.45, 2.75) is 25.8 Å². The zero-order chi connectivity index (χ0) is 18.5. The number of amides is 1. The monoisotopic (exact) mass is 370 g/mol. The molecule has 0 aliphatic rings. The maximum Gasteiger partial charge on any atom is 0.346 e. The highest BCUT2D eigenvalue weighted by molar-refractivity contribution is 7.13. The number of hydrogen-bond donors (Lipinski definition) is 1. The highest BCUT2D eigenvalue weighted by atomic mass is 32.1. The Balaban J connectivity index is 1.64. The first-order valence-corrected chi connectivity index (χ1v) is 9.50. The Morgan fingerprint density at radius 3 is 2.65 bits per heavy atom. The van der Waals surface area contributed by atoms with E-state index in [-0.39, 0.29) is 17.5 Å². The Labute approximate surface area is 156 Å². The highest BCUT2D eigenvalue weighted by Gasteiger charge is 2.18. The summed E-state index contributed by atoms with van der Waals surface area (Å²) >= 11 is 1.54. The van der Waals surface area contributed by atoms with Crippen LogP contribution in [0.3, 0.4) is 0 Å². The Morgan fingerprint density at radius 2 is 2.00 bits per heavy atom. The van der Waals surface area contributed by atoms with E-state index in [0.29, 0.717) is 18.9 Å². The maximum absolute atomic E-state index is 12.5. The molecule has 26 heavy (non-hydrogen) atoms. The minimum absolute atomic E-state index is 0.0267. The van der Waals surface area contributed by atoms with Crippen molar-refractivity contribution < 1.29 is 4.79 Å². The van der Waals surface area contributed by atoms with E-state index in [1.807, 2.05) is 54.8 Å². The lowest BCUT2D eigenvalue weighted by Crippen LogP contribution is -2.34. The van der Waals surface area contributed by atoms with Gasteiger partial charge in [0.2, 0.25) is 5.91 Å². The van der Waals surface area contributed by atoms with Gasteiger partial charge in [0.1, 0.15) is 0 Å². The van der Waals surface area contributed by atoms with Crippen LogP contribution in [0.5, 0.6) is 0 Å². The molecule has 0 saturated carbocycles. The number of thiophene rings is 1. The molecule has 1 aromatic carbocycles. The van der Waals surface area contributed by atoms with E-state index in [4.69, 9.17) is 0 Å². The highest BCUT2D eigenvalue weighted by Crippen LogP contribution is 2.21. The number of nitrogens with zero attached hydrogens (tertiary/aromatic N) is 3. The number of carbonyl (C=O) groups is 1. The second kappa shape index (κ2) is 8.14.